The molecule has 0 radical (unpaired) electrons. The van der Waals surface area contributed by atoms with Crippen molar-refractivity contribution < 1.29 is 9.21 Å². The van der Waals surface area contributed by atoms with Crippen molar-refractivity contribution in [3.63, 3.8) is 0 Å². The molecule has 0 aliphatic rings. The lowest BCUT2D eigenvalue weighted by Gasteiger charge is -2.16. The number of carbonyl (C=O) groups is 1. The SMILES string of the molecule is CCN(CC)C(=O)c1csc(CSc2nnc(-c3ccco3)n2-c2cccc(Cl)c2)n1. The average Bonchev–Trinajstić information content (AvgIpc) is 3.53. The zero-order chi connectivity index (χ0) is 21.8. The first kappa shape index (κ1) is 21.6. The Morgan fingerprint density at radius 1 is 1.23 bits per heavy atom. The summed E-state index contributed by atoms with van der Waals surface area (Å²) in [5.74, 6) is 1.72. The monoisotopic (exact) mass is 473 g/mol. The van der Waals surface area contributed by atoms with E-state index < -0.39 is 0 Å². The molecular formula is C21H20ClN5O2S2. The maximum Gasteiger partial charge on any atom is 0.273 e. The van der Waals surface area contributed by atoms with Gasteiger partial charge in [0, 0.05) is 23.5 Å². The number of thiazole rings is 1. The molecule has 7 nitrogen and oxygen atoms in total. The third kappa shape index (κ3) is 4.68. The van der Waals surface area contributed by atoms with E-state index >= 15 is 0 Å². The summed E-state index contributed by atoms with van der Waals surface area (Å²) in [7, 11) is 0. The van der Waals surface area contributed by atoms with Crippen molar-refractivity contribution in [1.82, 2.24) is 24.6 Å². The van der Waals surface area contributed by atoms with Gasteiger partial charge in [-0.1, -0.05) is 29.4 Å². The quantitative estimate of drug-likeness (QED) is 0.318. The lowest BCUT2D eigenvalue weighted by Crippen LogP contribution is -2.30. The zero-order valence-corrected chi connectivity index (χ0v) is 19.4. The number of aromatic nitrogens is 4. The molecule has 3 aromatic heterocycles. The second-order valence-electron chi connectivity index (χ2n) is 6.49. The number of carbonyl (C=O) groups excluding carboxylic acids is 1. The molecule has 0 saturated heterocycles. The van der Waals surface area contributed by atoms with Crippen LogP contribution in [0.5, 0.6) is 0 Å². The van der Waals surface area contributed by atoms with Crippen LogP contribution in [-0.4, -0.2) is 43.6 Å². The highest BCUT2D eigenvalue weighted by Crippen LogP contribution is 2.31. The number of hydrogen-bond donors (Lipinski definition) is 0. The zero-order valence-electron chi connectivity index (χ0n) is 17.0. The van der Waals surface area contributed by atoms with Gasteiger partial charge in [0.1, 0.15) is 10.7 Å². The first-order valence-electron chi connectivity index (χ1n) is 9.72. The highest BCUT2D eigenvalue weighted by atomic mass is 35.5. The number of amides is 1. The van der Waals surface area contributed by atoms with Gasteiger partial charge in [-0.3, -0.25) is 9.36 Å². The highest BCUT2D eigenvalue weighted by molar-refractivity contribution is 7.98. The molecule has 0 bridgehead atoms. The molecule has 0 N–H and O–H groups in total. The number of furan rings is 1. The molecule has 160 valence electrons. The summed E-state index contributed by atoms with van der Waals surface area (Å²) in [5, 5.41) is 12.7. The molecule has 0 aliphatic heterocycles. The van der Waals surface area contributed by atoms with E-state index in [0.29, 0.717) is 46.3 Å². The summed E-state index contributed by atoms with van der Waals surface area (Å²) >= 11 is 9.18. The van der Waals surface area contributed by atoms with E-state index in [1.807, 2.05) is 60.2 Å². The van der Waals surface area contributed by atoms with Gasteiger partial charge in [0.25, 0.3) is 5.91 Å². The van der Waals surface area contributed by atoms with E-state index in [1.165, 1.54) is 23.1 Å². The molecule has 0 saturated carbocycles. The van der Waals surface area contributed by atoms with Gasteiger partial charge < -0.3 is 9.32 Å². The number of benzene rings is 1. The summed E-state index contributed by atoms with van der Waals surface area (Å²) in [6.07, 6.45) is 1.60. The highest BCUT2D eigenvalue weighted by Gasteiger charge is 2.20. The van der Waals surface area contributed by atoms with Gasteiger partial charge in [-0.15, -0.1) is 21.5 Å². The van der Waals surface area contributed by atoms with Crippen LogP contribution in [0, 0.1) is 0 Å². The Kier molecular flexibility index (Phi) is 6.74. The maximum absolute atomic E-state index is 12.5. The van der Waals surface area contributed by atoms with E-state index in [-0.39, 0.29) is 5.91 Å². The Hall–Kier alpha value is -2.62. The minimum Gasteiger partial charge on any atom is -0.461 e. The summed E-state index contributed by atoms with van der Waals surface area (Å²) < 4.78 is 7.45. The van der Waals surface area contributed by atoms with E-state index in [0.717, 1.165) is 10.7 Å². The molecule has 0 fully saturated rings. The fourth-order valence-corrected chi connectivity index (χ4v) is 4.97. The lowest BCUT2D eigenvalue weighted by atomic mass is 10.3. The van der Waals surface area contributed by atoms with Crippen LogP contribution in [0.4, 0.5) is 0 Å². The van der Waals surface area contributed by atoms with Gasteiger partial charge in [-0.25, -0.2) is 4.98 Å². The first-order chi connectivity index (χ1) is 15.1. The molecule has 0 unspecified atom stereocenters. The van der Waals surface area contributed by atoms with Gasteiger partial charge in [0.05, 0.1) is 17.7 Å². The molecular weight excluding hydrogens is 454 g/mol. The topological polar surface area (TPSA) is 77.0 Å². The predicted octanol–water partition coefficient (Wildman–Crippen LogP) is 5.41. The Morgan fingerprint density at radius 3 is 2.77 bits per heavy atom. The molecule has 0 atom stereocenters. The standard InChI is InChI=1S/C21H20ClN5O2S2/c1-3-26(4-2)20(28)16-12-30-18(23-16)13-31-21-25-24-19(17-9-6-10-29-17)27(21)15-8-5-7-14(22)11-15/h5-12H,3-4,13H2,1-2H3. The molecule has 31 heavy (non-hydrogen) atoms. The number of hydrogen-bond acceptors (Lipinski definition) is 7. The van der Waals surface area contributed by atoms with Gasteiger partial charge in [0.15, 0.2) is 10.9 Å². The van der Waals surface area contributed by atoms with Crippen molar-refractivity contribution in [1.29, 1.82) is 0 Å². The maximum atomic E-state index is 12.5. The molecule has 1 amide bonds. The average molecular weight is 474 g/mol. The summed E-state index contributed by atoms with van der Waals surface area (Å²) in [5.41, 5.74) is 1.32. The smallest absolute Gasteiger partial charge is 0.273 e. The van der Waals surface area contributed by atoms with Gasteiger partial charge in [0.2, 0.25) is 5.82 Å². The third-order valence-electron chi connectivity index (χ3n) is 4.59. The number of thioether (sulfide) groups is 1. The molecule has 4 aromatic rings. The van der Waals surface area contributed by atoms with E-state index in [2.05, 4.69) is 15.2 Å². The largest absolute Gasteiger partial charge is 0.461 e. The summed E-state index contributed by atoms with van der Waals surface area (Å²) in [4.78, 5) is 18.8. The number of nitrogens with zero attached hydrogens (tertiary/aromatic N) is 5. The summed E-state index contributed by atoms with van der Waals surface area (Å²) in [6, 6.07) is 11.1. The van der Waals surface area contributed by atoms with Gasteiger partial charge >= 0.3 is 0 Å². The second-order valence-corrected chi connectivity index (χ2v) is 8.81. The van der Waals surface area contributed by atoms with Crippen molar-refractivity contribution in [3.8, 4) is 17.3 Å². The number of rotatable bonds is 8. The van der Waals surface area contributed by atoms with Crippen LogP contribution in [0.1, 0.15) is 29.3 Å². The Balaban J connectivity index is 1.59. The van der Waals surface area contributed by atoms with E-state index in [4.69, 9.17) is 16.0 Å². The molecule has 3 heterocycles. The van der Waals surface area contributed by atoms with Crippen LogP contribution < -0.4 is 0 Å². The van der Waals surface area contributed by atoms with Crippen LogP contribution in [0.25, 0.3) is 17.3 Å². The van der Waals surface area contributed by atoms with Crippen molar-refractivity contribution in [2.75, 3.05) is 13.1 Å². The van der Waals surface area contributed by atoms with Gasteiger partial charge in [-0.05, 0) is 44.2 Å². The van der Waals surface area contributed by atoms with E-state index in [1.54, 1.807) is 11.2 Å². The fraction of sp³-hybridized carbons (Fsp3) is 0.238. The lowest BCUT2D eigenvalue weighted by molar-refractivity contribution is 0.0768. The third-order valence-corrected chi connectivity index (χ3v) is 6.79. The molecule has 0 aliphatic carbocycles. The van der Waals surface area contributed by atoms with Crippen LogP contribution in [0.15, 0.2) is 57.6 Å². The van der Waals surface area contributed by atoms with E-state index in [9.17, 15) is 4.79 Å². The first-order valence-corrected chi connectivity index (χ1v) is 12.0. The fourth-order valence-electron chi connectivity index (χ4n) is 3.05. The minimum atomic E-state index is -0.0419. The van der Waals surface area contributed by atoms with Crippen molar-refractivity contribution in [3.05, 3.63) is 63.8 Å². The van der Waals surface area contributed by atoms with Crippen LogP contribution >= 0.6 is 34.7 Å². The van der Waals surface area contributed by atoms with Crippen LogP contribution in [0.2, 0.25) is 5.02 Å². The Bertz CT molecular complexity index is 1170. The predicted molar refractivity (Wildman–Crippen MR) is 123 cm³/mol. The van der Waals surface area contributed by atoms with Gasteiger partial charge in [-0.2, -0.15) is 0 Å². The molecule has 10 heteroatoms. The Morgan fingerprint density at radius 2 is 2.06 bits per heavy atom. The van der Waals surface area contributed by atoms with Crippen LogP contribution in [0.3, 0.4) is 0 Å². The normalized spacial score (nSPS) is 11.1. The number of halogens is 1. The van der Waals surface area contributed by atoms with Crippen molar-refractivity contribution >= 4 is 40.6 Å². The summed E-state index contributed by atoms with van der Waals surface area (Å²) in [6.45, 7) is 5.25. The second kappa shape index (κ2) is 9.67. The van der Waals surface area contributed by atoms with Crippen molar-refractivity contribution in [2.24, 2.45) is 0 Å². The molecule has 0 spiro atoms. The minimum absolute atomic E-state index is 0.0419. The Labute approximate surface area is 193 Å². The van der Waals surface area contributed by atoms with Crippen molar-refractivity contribution in [2.45, 2.75) is 24.8 Å². The molecule has 4 rings (SSSR count). The van der Waals surface area contributed by atoms with Crippen LogP contribution in [-0.2, 0) is 5.75 Å². The molecule has 1 aromatic carbocycles.